The molecule has 1 aliphatic rings. The van der Waals surface area contributed by atoms with Crippen LogP contribution < -0.4 is 10.1 Å². The molecule has 0 saturated carbocycles. The minimum atomic E-state index is -0.385. The number of rotatable bonds is 3. The monoisotopic (exact) mass is 349 g/mol. The molecule has 0 radical (unpaired) electrons. The van der Waals surface area contributed by atoms with Crippen LogP contribution in [0, 0.1) is 5.82 Å². The van der Waals surface area contributed by atoms with Gasteiger partial charge in [0.2, 0.25) is 0 Å². The summed E-state index contributed by atoms with van der Waals surface area (Å²) in [5, 5.41) is 3.50. The molecule has 0 fully saturated rings. The van der Waals surface area contributed by atoms with Crippen molar-refractivity contribution in [2.24, 2.45) is 0 Å². The van der Waals surface area contributed by atoms with Crippen LogP contribution in [0.3, 0.4) is 0 Å². The van der Waals surface area contributed by atoms with Crippen molar-refractivity contribution >= 4 is 27.5 Å². The van der Waals surface area contributed by atoms with Crippen molar-refractivity contribution in [3.05, 3.63) is 26.9 Å². The zero-order valence-corrected chi connectivity index (χ0v) is 13.7. The van der Waals surface area contributed by atoms with Crippen molar-refractivity contribution in [1.82, 2.24) is 5.32 Å². The van der Waals surface area contributed by atoms with E-state index in [1.165, 1.54) is 0 Å². The van der Waals surface area contributed by atoms with Crippen LogP contribution in [0.4, 0.5) is 4.39 Å². The maximum absolute atomic E-state index is 14.3. The third-order valence-corrected chi connectivity index (χ3v) is 4.09. The van der Waals surface area contributed by atoms with Gasteiger partial charge in [-0.1, -0.05) is 18.5 Å². The van der Waals surface area contributed by atoms with Gasteiger partial charge >= 0.3 is 0 Å². The second kappa shape index (κ2) is 5.58. The molecule has 106 valence electrons. The summed E-state index contributed by atoms with van der Waals surface area (Å²) in [6, 6.07) is 1.47. The lowest BCUT2D eigenvalue weighted by Gasteiger charge is -2.38. The zero-order chi connectivity index (χ0) is 14.2. The van der Waals surface area contributed by atoms with Crippen molar-refractivity contribution in [3.8, 4) is 5.75 Å². The highest BCUT2D eigenvalue weighted by Crippen LogP contribution is 2.46. The van der Waals surface area contributed by atoms with Gasteiger partial charge in [0.05, 0.1) is 9.50 Å². The van der Waals surface area contributed by atoms with E-state index in [0.717, 1.165) is 13.0 Å². The summed E-state index contributed by atoms with van der Waals surface area (Å²) in [4.78, 5) is 0. The number of fused-ring (bicyclic) bond motifs is 1. The zero-order valence-electron chi connectivity index (χ0n) is 11.3. The van der Waals surface area contributed by atoms with Gasteiger partial charge in [0.25, 0.3) is 0 Å². The largest absolute Gasteiger partial charge is 0.486 e. The molecule has 1 N–H and O–H groups in total. The van der Waals surface area contributed by atoms with Crippen LogP contribution in [-0.4, -0.2) is 12.1 Å². The minimum Gasteiger partial charge on any atom is -0.486 e. The SMILES string of the molecule is CCCNC1CC(C)(C)Oc2c(Br)cc(Cl)c(F)c21. The predicted molar refractivity (Wildman–Crippen MR) is 79.5 cm³/mol. The van der Waals surface area contributed by atoms with Crippen LogP contribution in [0.25, 0.3) is 0 Å². The molecule has 0 spiro atoms. The van der Waals surface area contributed by atoms with E-state index < -0.39 is 0 Å². The molecule has 1 aliphatic heterocycles. The van der Waals surface area contributed by atoms with Crippen molar-refractivity contribution in [1.29, 1.82) is 0 Å². The van der Waals surface area contributed by atoms with Crippen LogP contribution in [0.5, 0.6) is 5.75 Å². The highest BCUT2D eigenvalue weighted by Gasteiger charge is 2.37. The number of hydrogen-bond acceptors (Lipinski definition) is 2. The fourth-order valence-corrected chi connectivity index (χ4v) is 3.28. The number of halogens is 3. The smallest absolute Gasteiger partial charge is 0.150 e. The molecule has 2 nitrogen and oxygen atoms in total. The molecule has 1 aromatic carbocycles. The van der Waals surface area contributed by atoms with E-state index in [9.17, 15) is 4.39 Å². The van der Waals surface area contributed by atoms with Crippen LogP contribution >= 0.6 is 27.5 Å². The normalized spacial score (nSPS) is 20.8. The van der Waals surface area contributed by atoms with E-state index in [-0.39, 0.29) is 22.5 Å². The summed E-state index contributed by atoms with van der Waals surface area (Å²) in [6.45, 7) is 6.94. The lowest BCUT2D eigenvalue weighted by molar-refractivity contribution is 0.0633. The molecule has 0 aliphatic carbocycles. The maximum Gasteiger partial charge on any atom is 0.150 e. The summed E-state index contributed by atoms with van der Waals surface area (Å²) in [7, 11) is 0. The standard InChI is InChI=1S/C14H18BrClFNO/c1-4-5-18-10-7-14(2,3)19-13-8(15)6-9(16)12(17)11(10)13/h6,10,18H,4-5,7H2,1-3H3. The van der Waals surface area contributed by atoms with Crippen molar-refractivity contribution in [2.45, 2.75) is 45.3 Å². The maximum atomic E-state index is 14.3. The number of benzene rings is 1. The Morgan fingerprint density at radius 3 is 2.89 bits per heavy atom. The molecule has 1 heterocycles. The molecule has 1 unspecified atom stereocenters. The van der Waals surface area contributed by atoms with Gasteiger partial charge in [0, 0.05) is 18.0 Å². The van der Waals surface area contributed by atoms with Crippen molar-refractivity contribution in [3.63, 3.8) is 0 Å². The molecule has 1 atom stereocenters. The fourth-order valence-electron chi connectivity index (χ4n) is 2.42. The third-order valence-electron chi connectivity index (χ3n) is 3.22. The second-order valence-electron chi connectivity index (χ2n) is 5.47. The number of nitrogens with one attached hydrogen (secondary N) is 1. The first-order valence-corrected chi connectivity index (χ1v) is 7.62. The van der Waals surface area contributed by atoms with E-state index >= 15 is 0 Å². The molecule has 1 aromatic rings. The minimum absolute atomic E-state index is 0.0753. The molecule has 19 heavy (non-hydrogen) atoms. The van der Waals surface area contributed by atoms with Gasteiger partial charge in [0.15, 0.2) is 0 Å². The number of hydrogen-bond donors (Lipinski definition) is 1. The first-order valence-electron chi connectivity index (χ1n) is 6.45. The highest BCUT2D eigenvalue weighted by atomic mass is 79.9. The Hall–Kier alpha value is -0.320. The third kappa shape index (κ3) is 3.06. The van der Waals surface area contributed by atoms with E-state index in [1.807, 2.05) is 13.8 Å². The Balaban J connectivity index is 2.50. The summed E-state index contributed by atoms with van der Waals surface area (Å²) < 4.78 is 20.9. The van der Waals surface area contributed by atoms with Gasteiger partial charge in [-0.25, -0.2) is 4.39 Å². The highest BCUT2D eigenvalue weighted by molar-refractivity contribution is 9.10. The topological polar surface area (TPSA) is 21.3 Å². The van der Waals surface area contributed by atoms with E-state index in [0.29, 0.717) is 22.2 Å². The van der Waals surface area contributed by atoms with Gasteiger partial charge < -0.3 is 10.1 Å². The Morgan fingerprint density at radius 1 is 1.58 bits per heavy atom. The van der Waals surface area contributed by atoms with Gasteiger partial charge in [-0.15, -0.1) is 0 Å². The molecule has 2 rings (SSSR count). The fraction of sp³-hybridized carbons (Fsp3) is 0.571. The molecular formula is C14H18BrClFNO. The van der Waals surface area contributed by atoms with E-state index in [4.69, 9.17) is 16.3 Å². The Bertz CT molecular complexity index is 493. The molecule has 0 bridgehead atoms. The van der Waals surface area contributed by atoms with Crippen LogP contribution in [-0.2, 0) is 0 Å². The Labute approximate surface area is 126 Å². The first-order chi connectivity index (χ1) is 8.85. The summed E-state index contributed by atoms with van der Waals surface area (Å²) in [6.07, 6.45) is 1.71. The summed E-state index contributed by atoms with van der Waals surface area (Å²) >= 11 is 9.34. The summed E-state index contributed by atoms with van der Waals surface area (Å²) in [5.74, 6) is 0.177. The van der Waals surface area contributed by atoms with E-state index in [1.54, 1.807) is 6.07 Å². The van der Waals surface area contributed by atoms with Crippen molar-refractivity contribution in [2.75, 3.05) is 6.54 Å². The molecule has 0 amide bonds. The van der Waals surface area contributed by atoms with Gasteiger partial charge in [-0.05, 0) is 48.8 Å². The Kier molecular flexibility index (Phi) is 4.43. The molecular weight excluding hydrogens is 333 g/mol. The second-order valence-corrected chi connectivity index (χ2v) is 6.73. The average molecular weight is 351 g/mol. The molecule has 0 saturated heterocycles. The van der Waals surface area contributed by atoms with Gasteiger partial charge in [-0.3, -0.25) is 0 Å². The van der Waals surface area contributed by atoms with E-state index in [2.05, 4.69) is 28.2 Å². The predicted octanol–water partition coefficient (Wildman–Crippen LogP) is 4.84. The average Bonchev–Trinajstić information content (AvgIpc) is 2.32. The first kappa shape index (κ1) is 15.1. The van der Waals surface area contributed by atoms with Crippen LogP contribution in [0.15, 0.2) is 10.5 Å². The van der Waals surface area contributed by atoms with Crippen LogP contribution in [0.1, 0.15) is 45.2 Å². The molecule has 0 aromatic heterocycles. The van der Waals surface area contributed by atoms with Crippen LogP contribution in [0.2, 0.25) is 5.02 Å². The quantitative estimate of drug-likeness (QED) is 0.787. The molecule has 5 heteroatoms. The number of ether oxygens (including phenoxy) is 1. The summed E-state index contributed by atoms with van der Waals surface area (Å²) in [5.41, 5.74) is 0.202. The van der Waals surface area contributed by atoms with Gasteiger partial charge in [0.1, 0.15) is 17.2 Å². The Morgan fingerprint density at radius 2 is 2.26 bits per heavy atom. The van der Waals surface area contributed by atoms with Crippen molar-refractivity contribution < 1.29 is 9.13 Å². The lowest BCUT2D eigenvalue weighted by atomic mass is 9.89. The van der Waals surface area contributed by atoms with Gasteiger partial charge in [-0.2, -0.15) is 0 Å². The lowest BCUT2D eigenvalue weighted by Crippen LogP contribution is -2.40.